The second kappa shape index (κ2) is 11.9. The highest BCUT2D eigenvalue weighted by molar-refractivity contribution is 5.69. The summed E-state index contributed by atoms with van der Waals surface area (Å²) >= 11 is 0. The molecule has 1 amide bonds. The summed E-state index contributed by atoms with van der Waals surface area (Å²) in [5.41, 5.74) is -1.88. The Morgan fingerprint density at radius 3 is 2.59 bits per heavy atom. The molecule has 0 spiro atoms. The summed E-state index contributed by atoms with van der Waals surface area (Å²) in [6, 6.07) is 2.47. The van der Waals surface area contributed by atoms with Crippen LogP contribution in [-0.2, 0) is 24.2 Å². The maximum Gasteiger partial charge on any atom is 0.408 e. The number of hydrogen-bond donors (Lipinski definition) is 4. The van der Waals surface area contributed by atoms with Gasteiger partial charge in [-0.1, -0.05) is 19.1 Å². The monoisotopic (exact) mass is 574 g/mol. The van der Waals surface area contributed by atoms with Crippen LogP contribution in [0.25, 0.3) is 0 Å². The molecule has 4 rings (SSSR count). The van der Waals surface area contributed by atoms with Crippen molar-refractivity contribution in [2.24, 2.45) is 0 Å². The Morgan fingerprint density at radius 1 is 1.22 bits per heavy atom. The van der Waals surface area contributed by atoms with Gasteiger partial charge < -0.3 is 25.8 Å². The van der Waals surface area contributed by atoms with Crippen LogP contribution in [-0.4, -0.2) is 49.2 Å². The topological polar surface area (TPSA) is 140 Å². The molecule has 4 N–H and O–H groups in total. The van der Waals surface area contributed by atoms with Crippen molar-refractivity contribution < 1.29 is 23.4 Å². The number of rotatable bonds is 10. The fourth-order valence-electron chi connectivity index (χ4n) is 4.54. The van der Waals surface area contributed by atoms with E-state index in [-0.39, 0.29) is 37.6 Å². The number of carbonyl (C=O) groups excluding carboxylic acids is 1. The van der Waals surface area contributed by atoms with Gasteiger partial charge in [0.15, 0.2) is 11.6 Å². The standard InChI is InChI=1S/C28H36F2N6O5/c1-5-18-13-17(14-20(29)21(18)30)15-35-23(32-12-10-28(8-9-28)34-25(39)41-27(2,3)4)33-24(38)36(26(35)40)16-19-7-6-11-31-22(19)37/h6-7,11,13-14,22,31,37H,5,8-10,12,15-16H2,1-4H3,(H,34,39)(H,32,33,38). The first-order chi connectivity index (χ1) is 19.3. The Morgan fingerprint density at radius 2 is 1.95 bits per heavy atom. The molecule has 1 aliphatic carbocycles. The molecular weight excluding hydrogens is 538 g/mol. The summed E-state index contributed by atoms with van der Waals surface area (Å²) in [7, 11) is 0. The molecule has 0 saturated heterocycles. The largest absolute Gasteiger partial charge is 0.444 e. The molecule has 2 aromatic rings. The number of carbonyl (C=O) groups is 1. The number of amides is 1. The zero-order valence-corrected chi connectivity index (χ0v) is 23.6. The molecule has 2 heterocycles. The number of ether oxygens (including phenoxy) is 1. The average molecular weight is 575 g/mol. The Balaban J connectivity index is 1.61. The zero-order chi connectivity index (χ0) is 29.9. The number of dihydropyridines is 1. The number of nitrogens with zero attached hydrogens (tertiary/aromatic N) is 3. The van der Waals surface area contributed by atoms with Crippen LogP contribution in [0.15, 0.2) is 45.6 Å². The average Bonchev–Trinajstić information content (AvgIpc) is 3.64. The highest BCUT2D eigenvalue weighted by atomic mass is 19.2. The number of aliphatic hydroxyl groups excluding tert-OH is 1. The van der Waals surface area contributed by atoms with Crippen molar-refractivity contribution in [3.63, 3.8) is 0 Å². The van der Waals surface area contributed by atoms with Crippen LogP contribution in [0.4, 0.5) is 19.5 Å². The first-order valence-electron chi connectivity index (χ1n) is 13.5. The Bertz CT molecular complexity index is 1490. The number of alkyl carbamates (subject to hydrolysis) is 1. The number of benzene rings is 1. The van der Waals surface area contributed by atoms with Crippen molar-refractivity contribution in [1.29, 1.82) is 0 Å². The third-order valence-electron chi connectivity index (χ3n) is 6.89. The molecule has 0 bridgehead atoms. The second-order valence-corrected chi connectivity index (χ2v) is 11.3. The number of nitrogens with one attached hydrogen (secondary N) is 3. The van der Waals surface area contributed by atoms with Crippen molar-refractivity contribution in [3.05, 3.63) is 79.8 Å². The summed E-state index contributed by atoms with van der Waals surface area (Å²) in [5.74, 6) is -2.04. The number of aromatic nitrogens is 3. The first-order valence-corrected chi connectivity index (χ1v) is 13.5. The van der Waals surface area contributed by atoms with Gasteiger partial charge in [-0.2, -0.15) is 4.98 Å². The van der Waals surface area contributed by atoms with Gasteiger partial charge in [0.05, 0.1) is 13.1 Å². The number of aryl methyl sites for hydroxylation is 1. The lowest BCUT2D eigenvalue weighted by Gasteiger charge is -2.24. The first kappa shape index (κ1) is 30.0. The van der Waals surface area contributed by atoms with Crippen LogP contribution in [0.2, 0.25) is 0 Å². The Labute approximate surface area is 235 Å². The molecular formula is C28H36F2N6O5. The Kier molecular flexibility index (Phi) is 8.66. The van der Waals surface area contributed by atoms with Gasteiger partial charge in [0.1, 0.15) is 11.8 Å². The molecule has 222 valence electrons. The molecule has 11 nitrogen and oxygen atoms in total. The molecule has 1 unspecified atom stereocenters. The predicted octanol–water partition coefficient (Wildman–Crippen LogP) is 2.51. The van der Waals surface area contributed by atoms with Crippen molar-refractivity contribution in [1.82, 2.24) is 24.8 Å². The van der Waals surface area contributed by atoms with E-state index in [9.17, 15) is 28.3 Å². The predicted molar refractivity (Wildman–Crippen MR) is 148 cm³/mol. The maximum atomic E-state index is 14.3. The van der Waals surface area contributed by atoms with E-state index in [1.54, 1.807) is 39.8 Å². The van der Waals surface area contributed by atoms with E-state index in [1.165, 1.54) is 16.8 Å². The second-order valence-electron chi connectivity index (χ2n) is 11.3. The lowest BCUT2D eigenvalue weighted by Crippen LogP contribution is -2.45. The number of hydrogen-bond acceptors (Lipinski definition) is 8. The SMILES string of the molecule is CCc1cc(Cn2c(NCCC3(NC(=O)OC(C)(C)C)CC3)nc(=O)n(CC3=CC=CNC3O)c2=O)cc(F)c1F. The van der Waals surface area contributed by atoms with E-state index >= 15 is 0 Å². The normalized spacial score (nSPS) is 17.4. The van der Waals surface area contributed by atoms with Crippen LogP contribution in [0.5, 0.6) is 0 Å². The number of halogens is 2. The Hall–Kier alpha value is -4.00. The highest BCUT2D eigenvalue weighted by Crippen LogP contribution is 2.38. The third-order valence-corrected chi connectivity index (χ3v) is 6.89. The minimum atomic E-state index is -1.09. The number of aliphatic hydroxyl groups is 1. The van der Waals surface area contributed by atoms with E-state index < -0.39 is 46.5 Å². The lowest BCUT2D eigenvalue weighted by atomic mass is 10.1. The van der Waals surface area contributed by atoms with E-state index in [0.29, 0.717) is 17.6 Å². The van der Waals surface area contributed by atoms with Crippen LogP contribution in [0.3, 0.4) is 0 Å². The van der Waals surface area contributed by atoms with E-state index in [4.69, 9.17) is 4.74 Å². The molecule has 1 atom stereocenters. The lowest BCUT2D eigenvalue weighted by molar-refractivity contribution is 0.0494. The van der Waals surface area contributed by atoms with Gasteiger partial charge in [-0.3, -0.25) is 4.57 Å². The van der Waals surface area contributed by atoms with Gasteiger partial charge in [0, 0.05) is 12.1 Å². The van der Waals surface area contributed by atoms with E-state index in [2.05, 4.69) is 20.9 Å². The fourth-order valence-corrected chi connectivity index (χ4v) is 4.54. The van der Waals surface area contributed by atoms with Gasteiger partial charge in [-0.05, 0) is 81.5 Å². The van der Waals surface area contributed by atoms with Gasteiger partial charge >= 0.3 is 17.5 Å². The maximum absolute atomic E-state index is 14.3. The quantitative estimate of drug-likeness (QED) is 0.340. The molecule has 1 aliphatic heterocycles. The van der Waals surface area contributed by atoms with E-state index in [0.717, 1.165) is 23.5 Å². The number of anilines is 1. The number of allylic oxidation sites excluding steroid dienone is 2. The molecule has 1 aromatic carbocycles. The molecule has 0 radical (unpaired) electrons. The van der Waals surface area contributed by atoms with Gasteiger partial charge in [0.2, 0.25) is 5.95 Å². The zero-order valence-electron chi connectivity index (χ0n) is 23.6. The minimum absolute atomic E-state index is 0.0525. The van der Waals surface area contributed by atoms with Gasteiger partial charge in [-0.25, -0.2) is 27.7 Å². The third kappa shape index (κ3) is 7.40. The summed E-state index contributed by atoms with van der Waals surface area (Å²) in [6.07, 6.45) is 5.31. The molecule has 13 heteroatoms. The summed E-state index contributed by atoms with van der Waals surface area (Å²) in [6.45, 7) is 6.83. The van der Waals surface area contributed by atoms with Gasteiger partial charge in [-0.15, -0.1) is 0 Å². The summed E-state index contributed by atoms with van der Waals surface area (Å²) in [5, 5.41) is 18.8. The van der Waals surface area contributed by atoms with Crippen LogP contribution in [0.1, 0.15) is 58.1 Å². The van der Waals surface area contributed by atoms with Crippen molar-refractivity contribution in [2.75, 3.05) is 11.9 Å². The van der Waals surface area contributed by atoms with Crippen molar-refractivity contribution in [3.8, 4) is 0 Å². The van der Waals surface area contributed by atoms with Crippen LogP contribution in [0, 0.1) is 11.6 Å². The summed E-state index contributed by atoms with van der Waals surface area (Å²) < 4.78 is 35.9. The smallest absolute Gasteiger partial charge is 0.408 e. The highest BCUT2D eigenvalue weighted by Gasteiger charge is 2.44. The minimum Gasteiger partial charge on any atom is -0.444 e. The van der Waals surface area contributed by atoms with Crippen LogP contribution >= 0.6 is 0 Å². The molecule has 1 saturated carbocycles. The van der Waals surface area contributed by atoms with Gasteiger partial charge in [0.25, 0.3) is 0 Å². The van der Waals surface area contributed by atoms with Crippen LogP contribution < -0.4 is 27.3 Å². The van der Waals surface area contributed by atoms with E-state index in [1.807, 2.05) is 0 Å². The molecule has 41 heavy (non-hydrogen) atoms. The molecule has 1 fully saturated rings. The molecule has 1 aromatic heterocycles. The molecule has 2 aliphatic rings. The van der Waals surface area contributed by atoms with Crippen molar-refractivity contribution in [2.45, 2.75) is 83.8 Å². The van der Waals surface area contributed by atoms with Crippen molar-refractivity contribution >= 4 is 12.0 Å². The fraction of sp³-hybridized carbons (Fsp3) is 0.500. The summed E-state index contributed by atoms with van der Waals surface area (Å²) in [4.78, 5) is 42.9.